The molecule has 2 atom stereocenters. The molecule has 1 aromatic rings. The summed E-state index contributed by atoms with van der Waals surface area (Å²) in [5, 5.41) is 9.76. The van der Waals surface area contributed by atoms with Crippen molar-refractivity contribution in [2.45, 2.75) is 52.7 Å². The molecule has 1 aromatic carbocycles. The van der Waals surface area contributed by atoms with Crippen molar-refractivity contribution in [1.29, 1.82) is 0 Å². The van der Waals surface area contributed by atoms with E-state index in [0.29, 0.717) is 6.04 Å². The van der Waals surface area contributed by atoms with Crippen LogP contribution in [0.2, 0.25) is 0 Å². The van der Waals surface area contributed by atoms with Crippen LogP contribution in [0.5, 0.6) is 0 Å². The van der Waals surface area contributed by atoms with Gasteiger partial charge in [-0.05, 0) is 44.4 Å². The van der Waals surface area contributed by atoms with Crippen LogP contribution in [-0.2, 0) is 0 Å². The molecule has 96 valence electrons. The van der Waals surface area contributed by atoms with Gasteiger partial charge in [-0.2, -0.15) is 0 Å². The fourth-order valence-electron chi connectivity index (χ4n) is 2.09. The van der Waals surface area contributed by atoms with Crippen molar-refractivity contribution < 1.29 is 5.11 Å². The Bertz CT molecular complexity index is 320. The number of benzene rings is 1. The number of rotatable bonds is 6. The Morgan fingerprint density at radius 2 is 1.65 bits per heavy atom. The second kappa shape index (κ2) is 6.65. The average Bonchev–Trinajstić information content (AvgIpc) is 2.39. The molecule has 0 aromatic heterocycles. The van der Waals surface area contributed by atoms with Gasteiger partial charge in [0.15, 0.2) is 0 Å². The SMILES string of the molecule is CCC(C)N(CC)c1ccc([C@@H](O)CC)cc1. The molecule has 0 aliphatic rings. The maximum atomic E-state index is 9.76. The Balaban J connectivity index is 2.85. The van der Waals surface area contributed by atoms with Crippen molar-refractivity contribution >= 4 is 5.69 Å². The molecule has 0 aliphatic heterocycles. The van der Waals surface area contributed by atoms with Crippen LogP contribution in [0.25, 0.3) is 0 Å². The second-order valence-corrected chi connectivity index (χ2v) is 4.56. The number of anilines is 1. The van der Waals surface area contributed by atoms with Crippen molar-refractivity contribution in [1.82, 2.24) is 0 Å². The summed E-state index contributed by atoms with van der Waals surface area (Å²) >= 11 is 0. The van der Waals surface area contributed by atoms with Crippen LogP contribution in [0.4, 0.5) is 5.69 Å². The molecule has 0 spiro atoms. The highest BCUT2D eigenvalue weighted by molar-refractivity contribution is 5.48. The smallest absolute Gasteiger partial charge is 0.0787 e. The van der Waals surface area contributed by atoms with E-state index in [2.05, 4.69) is 37.8 Å². The van der Waals surface area contributed by atoms with Gasteiger partial charge in [-0.15, -0.1) is 0 Å². The Hall–Kier alpha value is -1.02. The first-order valence-corrected chi connectivity index (χ1v) is 6.68. The normalized spacial score (nSPS) is 14.4. The molecular weight excluding hydrogens is 210 g/mol. The van der Waals surface area contributed by atoms with Crippen LogP contribution in [0, 0.1) is 0 Å². The lowest BCUT2D eigenvalue weighted by atomic mass is 10.1. The van der Waals surface area contributed by atoms with Crippen molar-refractivity contribution in [3.8, 4) is 0 Å². The third-order valence-corrected chi connectivity index (χ3v) is 3.46. The number of aliphatic hydroxyl groups is 1. The van der Waals surface area contributed by atoms with Crippen molar-refractivity contribution in [2.24, 2.45) is 0 Å². The lowest BCUT2D eigenvalue weighted by Crippen LogP contribution is -2.32. The van der Waals surface area contributed by atoms with Crippen molar-refractivity contribution in [3.63, 3.8) is 0 Å². The predicted octanol–water partition coefficient (Wildman–Crippen LogP) is 3.75. The van der Waals surface area contributed by atoms with E-state index >= 15 is 0 Å². The molecule has 1 unspecified atom stereocenters. The number of hydrogen-bond acceptors (Lipinski definition) is 2. The highest BCUT2D eigenvalue weighted by atomic mass is 16.3. The maximum absolute atomic E-state index is 9.76. The summed E-state index contributed by atoms with van der Waals surface area (Å²) < 4.78 is 0. The molecule has 2 nitrogen and oxygen atoms in total. The summed E-state index contributed by atoms with van der Waals surface area (Å²) in [6.07, 6.45) is 1.58. The monoisotopic (exact) mass is 235 g/mol. The minimum atomic E-state index is -0.331. The predicted molar refractivity (Wildman–Crippen MR) is 74.5 cm³/mol. The zero-order valence-electron chi connectivity index (χ0n) is 11.5. The summed E-state index contributed by atoms with van der Waals surface area (Å²) in [4.78, 5) is 2.39. The minimum absolute atomic E-state index is 0.331. The molecule has 1 rings (SSSR count). The first-order chi connectivity index (χ1) is 8.13. The molecule has 0 fully saturated rings. The molecule has 0 saturated heterocycles. The van der Waals surface area contributed by atoms with Crippen molar-refractivity contribution in [3.05, 3.63) is 29.8 Å². The van der Waals surface area contributed by atoms with Crippen LogP contribution in [0.3, 0.4) is 0 Å². The molecule has 0 amide bonds. The van der Waals surface area contributed by atoms with Gasteiger partial charge in [0.05, 0.1) is 6.10 Å². The van der Waals surface area contributed by atoms with E-state index in [0.717, 1.165) is 24.9 Å². The molecule has 0 aliphatic carbocycles. The Morgan fingerprint density at radius 1 is 1.06 bits per heavy atom. The fourth-order valence-corrected chi connectivity index (χ4v) is 2.09. The molecular formula is C15H25NO. The summed E-state index contributed by atoms with van der Waals surface area (Å²) in [5.74, 6) is 0. The summed E-state index contributed by atoms with van der Waals surface area (Å²) in [6.45, 7) is 9.66. The first kappa shape index (κ1) is 14.0. The van der Waals surface area contributed by atoms with Gasteiger partial charge < -0.3 is 10.0 Å². The maximum Gasteiger partial charge on any atom is 0.0787 e. The van der Waals surface area contributed by atoms with Crippen LogP contribution in [0.15, 0.2) is 24.3 Å². The van der Waals surface area contributed by atoms with Gasteiger partial charge in [0.1, 0.15) is 0 Å². The lowest BCUT2D eigenvalue weighted by Gasteiger charge is -2.29. The van der Waals surface area contributed by atoms with Gasteiger partial charge >= 0.3 is 0 Å². The van der Waals surface area contributed by atoms with Crippen LogP contribution < -0.4 is 4.90 Å². The Labute approximate surface area is 105 Å². The van der Waals surface area contributed by atoms with Gasteiger partial charge in [-0.25, -0.2) is 0 Å². The average molecular weight is 235 g/mol. The third-order valence-electron chi connectivity index (χ3n) is 3.46. The molecule has 17 heavy (non-hydrogen) atoms. The van der Waals surface area contributed by atoms with E-state index in [1.54, 1.807) is 0 Å². The molecule has 0 saturated carbocycles. The van der Waals surface area contributed by atoms with Crippen molar-refractivity contribution in [2.75, 3.05) is 11.4 Å². The quantitative estimate of drug-likeness (QED) is 0.811. The number of nitrogens with zero attached hydrogens (tertiary/aromatic N) is 1. The summed E-state index contributed by atoms with van der Waals surface area (Å²) in [7, 11) is 0. The largest absolute Gasteiger partial charge is 0.388 e. The topological polar surface area (TPSA) is 23.5 Å². The fraction of sp³-hybridized carbons (Fsp3) is 0.600. The van der Waals surface area contributed by atoms with Crippen LogP contribution >= 0.6 is 0 Å². The van der Waals surface area contributed by atoms with E-state index in [9.17, 15) is 5.11 Å². The zero-order valence-corrected chi connectivity index (χ0v) is 11.5. The Kier molecular flexibility index (Phi) is 5.49. The van der Waals surface area contributed by atoms with Crippen LogP contribution in [-0.4, -0.2) is 17.7 Å². The van der Waals surface area contributed by atoms with E-state index in [1.807, 2.05) is 19.1 Å². The minimum Gasteiger partial charge on any atom is -0.388 e. The first-order valence-electron chi connectivity index (χ1n) is 6.68. The lowest BCUT2D eigenvalue weighted by molar-refractivity contribution is 0.173. The highest BCUT2D eigenvalue weighted by Crippen LogP contribution is 2.22. The van der Waals surface area contributed by atoms with Gasteiger partial charge in [0.25, 0.3) is 0 Å². The van der Waals surface area contributed by atoms with E-state index in [-0.39, 0.29) is 6.10 Å². The zero-order chi connectivity index (χ0) is 12.8. The summed E-state index contributed by atoms with van der Waals surface area (Å²) in [6, 6.07) is 8.86. The van der Waals surface area contributed by atoms with E-state index < -0.39 is 0 Å². The number of aliphatic hydroxyl groups excluding tert-OH is 1. The van der Waals surface area contributed by atoms with Gasteiger partial charge in [0, 0.05) is 18.3 Å². The van der Waals surface area contributed by atoms with E-state index in [4.69, 9.17) is 0 Å². The van der Waals surface area contributed by atoms with Gasteiger partial charge in [0.2, 0.25) is 0 Å². The Morgan fingerprint density at radius 3 is 2.06 bits per heavy atom. The number of hydrogen-bond donors (Lipinski definition) is 1. The molecule has 2 heteroatoms. The highest BCUT2D eigenvalue weighted by Gasteiger charge is 2.11. The van der Waals surface area contributed by atoms with E-state index in [1.165, 1.54) is 5.69 Å². The molecule has 0 heterocycles. The van der Waals surface area contributed by atoms with Gasteiger partial charge in [-0.1, -0.05) is 26.0 Å². The third kappa shape index (κ3) is 3.47. The van der Waals surface area contributed by atoms with Gasteiger partial charge in [-0.3, -0.25) is 0 Å². The van der Waals surface area contributed by atoms with Crippen LogP contribution in [0.1, 0.15) is 52.2 Å². The molecule has 0 radical (unpaired) electrons. The molecule has 1 N–H and O–H groups in total. The summed E-state index contributed by atoms with van der Waals surface area (Å²) in [5.41, 5.74) is 2.25. The second-order valence-electron chi connectivity index (χ2n) is 4.56. The standard InChI is InChI=1S/C15H25NO/c1-5-12(4)16(7-3)14-10-8-13(9-11-14)15(17)6-2/h8-12,15,17H,5-7H2,1-4H3/t12?,15-/m0/s1. The molecule has 0 bridgehead atoms.